The molecule has 1 aliphatic rings. The molecule has 0 spiro atoms. The third-order valence-corrected chi connectivity index (χ3v) is 3.00. The molecule has 1 nitrogen and oxygen atoms in total. The van der Waals surface area contributed by atoms with Gasteiger partial charge in [-0.2, -0.15) is 0 Å². The van der Waals surface area contributed by atoms with E-state index in [-0.39, 0.29) is 30.8 Å². The van der Waals surface area contributed by atoms with E-state index in [1.165, 1.54) is 0 Å². The summed E-state index contributed by atoms with van der Waals surface area (Å²) in [5.41, 5.74) is -0.552. The smallest absolute Gasteiger partial charge is 0.262 e. The number of hydrogen-bond donors (Lipinski definition) is 1. The monoisotopic (exact) mass is 213 g/mol. The fraction of sp³-hybridized carbons (Fsp3) is 1.00. The lowest BCUT2D eigenvalue weighted by atomic mass is 9.74. The summed E-state index contributed by atoms with van der Waals surface area (Å²) in [5.74, 6) is -2.53. The highest BCUT2D eigenvalue weighted by molar-refractivity contribution is 5.85. The second-order valence-electron chi connectivity index (χ2n) is 4.97. The lowest BCUT2D eigenvalue weighted by molar-refractivity contribution is 0.00777. The van der Waals surface area contributed by atoms with Crippen molar-refractivity contribution in [3.8, 4) is 0 Å². The van der Waals surface area contributed by atoms with Crippen LogP contribution in [0.15, 0.2) is 0 Å². The highest BCUT2D eigenvalue weighted by Gasteiger charge is 2.51. The maximum Gasteiger partial charge on any atom is 0.262 e. The van der Waals surface area contributed by atoms with Crippen molar-refractivity contribution in [2.24, 2.45) is 5.41 Å². The first-order valence-electron chi connectivity index (χ1n) is 4.29. The molecule has 0 radical (unpaired) electrons. The molecule has 1 unspecified atom stereocenters. The molecular formula is C9H18ClF2N. The average Bonchev–Trinajstić information content (AvgIpc) is 2.05. The summed E-state index contributed by atoms with van der Waals surface area (Å²) in [5, 5.41) is 2.91. The summed E-state index contributed by atoms with van der Waals surface area (Å²) in [6.07, 6.45) is -0.0521. The number of halogens is 3. The van der Waals surface area contributed by atoms with Gasteiger partial charge in [0.25, 0.3) is 5.92 Å². The van der Waals surface area contributed by atoms with Crippen LogP contribution < -0.4 is 5.32 Å². The van der Waals surface area contributed by atoms with Crippen LogP contribution in [-0.2, 0) is 0 Å². The van der Waals surface area contributed by atoms with Gasteiger partial charge in [0.15, 0.2) is 0 Å². The molecule has 0 bridgehead atoms. The molecule has 1 fully saturated rings. The predicted octanol–water partition coefficient (Wildman–Crippen LogP) is 2.84. The molecule has 80 valence electrons. The van der Waals surface area contributed by atoms with Crippen LogP contribution >= 0.6 is 12.4 Å². The van der Waals surface area contributed by atoms with Crippen molar-refractivity contribution >= 4 is 12.4 Å². The van der Waals surface area contributed by atoms with Gasteiger partial charge in [0.05, 0.1) is 6.54 Å². The van der Waals surface area contributed by atoms with Crippen LogP contribution in [0, 0.1) is 5.41 Å². The van der Waals surface area contributed by atoms with Crippen molar-refractivity contribution in [1.82, 2.24) is 5.32 Å². The van der Waals surface area contributed by atoms with Crippen molar-refractivity contribution in [3.05, 3.63) is 0 Å². The third-order valence-electron chi connectivity index (χ3n) is 3.00. The number of nitrogens with one attached hydrogen (secondary N) is 1. The first kappa shape index (κ1) is 13.1. The maximum atomic E-state index is 12.9. The molecule has 0 aromatic rings. The Labute approximate surface area is 84.7 Å². The lowest BCUT2D eigenvalue weighted by Gasteiger charge is -2.38. The first-order chi connectivity index (χ1) is 5.16. The Morgan fingerprint density at radius 2 is 1.69 bits per heavy atom. The lowest BCUT2D eigenvalue weighted by Crippen LogP contribution is -2.48. The molecule has 1 atom stereocenters. The van der Waals surface area contributed by atoms with Gasteiger partial charge in [0.1, 0.15) is 0 Å². The molecule has 0 aliphatic carbocycles. The van der Waals surface area contributed by atoms with Gasteiger partial charge in [0.2, 0.25) is 0 Å². The van der Waals surface area contributed by atoms with Gasteiger partial charge in [-0.1, -0.05) is 20.8 Å². The van der Waals surface area contributed by atoms with Crippen molar-refractivity contribution < 1.29 is 8.78 Å². The zero-order chi connectivity index (χ0) is 9.62. The largest absolute Gasteiger partial charge is 0.305 e. The quantitative estimate of drug-likeness (QED) is 0.653. The van der Waals surface area contributed by atoms with Crippen molar-refractivity contribution in [2.45, 2.75) is 45.6 Å². The Morgan fingerprint density at radius 3 is 1.85 bits per heavy atom. The van der Waals surface area contributed by atoms with Crippen molar-refractivity contribution in [3.63, 3.8) is 0 Å². The fourth-order valence-electron chi connectivity index (χ4n) is 1.50. The molecule has 0 saturated carbocycles. The minimum atomic E-state index is -2.53. The Balaban J connectivity index is 0.00000144. The van der Waals surface area contributed by atoms with Gasteiger partial charge >= 0.3 is 0 Å². The highest BCUT2D eigenvalue weighted by atomic mass is 35.5. The van der Waals surface area contributed by atoms with Crippen LogP contribution in [0.2, 0.25) is 0 Å². The minimum absolute atomic E-state index is 0. The van der Waals surface area contributed by atoms with E-state index < -0.39 is 11.5 Å². The van der Waals surface area contributed by atoms with Crippen molar-refractivity contribution in [1.29, 1.82) is 0 Å². The van der Waals surface area contributed by atoms with Crippen LogP contribution in [-0.4, -0.2) is 18.0 Å². The van der Waals surface area contributed by atoms with Crippen LogP contribution in [0.4, 0.5) is 8.78 Å². The molecule has 13 heavy (non-hydrogen) atoms. The van der Waals surface area contributed by atoms with Gasteiger partial charge < -0.3 is 5.32 Å². The summed E-state index contributed by atoms with van der Waals surface area (Å²) in [4.78, 5) is 0. The molecule has 1 saturated heterocycles. The van der Waals surface area contributed by atoms with E-state index in [2.05, 4.69) is 5.32 Å². The van der Waals surface area contributed by atoms with Gasteiger partial charge in [-0.05, 0) is 12.3 Å². The van der Waals surface area contributed by atoms with Gasteiger partial charge in [-0.3, -0.25) is 0 Å². The average molecular weight is 214 g/mol. The predicted molar refractivity (Wildman–Crippen MR) is 52.7 cm³/mol. The molecular weight excluding hydrogens is 196 g/mol. The Hall–Kier alpha value is 0.110. The Bertz CT molecular complexity index is 189. The van der Waals surface area contributed by atoms with Crippen LogP contribution in [0.1, 0.15) is 34.1 Å². The Morgan fingerprint density at radius 1 is 1.23 bits per heavy atom. The van der Waals surface area contributed by atoms with Gasteiger partial charge in [0, 0.05) is 12.0 Å². The van der Waals surface area contributed by atoms with Crippen LogP contribution in [0.3, 0.4) is 0 Å². The third kappa shape index (κ3) is 2.53. The molecule has 0 amide bonds. The minimum Gasteiger partial charge on any atom is -0.305 e. The van der Waals surface area contributed by atoms with Gasteiger partial charge in [-0.25, -0.2) is 8.78 Å². The van der Waals surface area contributed by atoms with Crippen molar-refractivity contribution in [2.75, 3.05) is 6.54 Å². The van der Waals surface area contributed by atoms with E-state index in [0.717, 1.165) is 0 Å². The molecule has 1 rings (SSSR count). The zero-order valence-corrected chi connectivity index (χ0v) is 9.39. The summed E-state index contributed by atoms with van der Waals surface area (Å²) in [7, 11) is 0. The van der Waals surface area contributed by atoms with Crippen LogP contribution in [0.5, 0.6) is 0 Å². The second-order valence-corrected chi connectivity index (χ2v) is 4.97. The van der Waals surface area contributed by atoms with E-state index in [4.69, 9.17) is 0 Å². The zero-order valence-electron chi connectivity index (χ0n) is 8.58. The molecule has 1 heterocycles. The molecule has 1 aliphatic heterocycles. The maximum absolute atomic E-state index is 12.9. The highest BCUT2D eigenvalue weighted by Crippen LogP contribution is 2.42. The summed E-state index contributed by atoms with van der Waals surface area (Å²) in [6.45, 7) is 7.65. The summed E-state index contributed by atoms with van der Waals surface area (Å²) < 4.78 is 25.8. The Kier molecular flexibility index (Phi) is 3.38. The van der Waals surface area contributed by atoms with E-state index in [9.17, 15) is 8.78 Å². The second kappa shape index (κ2) is 3.35. The summed E-state index contributed by atoms with van der Waals surface area (Å²) in [6, 6.07) is 0. The molecule has 4 heteroatoms. The summed E-state index contributed by atoms with van der Waals surface area (Å²) >= 11 is 0. The normalized spacial score (nSPS) is 32.8. The van der Waals surface area contributed by atoms with Gasteiger partial charge in [-0.15, -0.1) is 12.4 Å². The molecule has 0 aromatic carbocycles. The number of rotatable bonds is 0. The van der Waals surface area contributed by atoms with E-state index in [1.807, 2.05) is 27.7 Å². The SMILES string of the molecule is CC(C)(C)C1(C)CC(F)(F)CN1.Cl. The fourth-order valence-corrected chi connectivity index (χ4v) is 1.50. The first-order valence-corrected chi connectivity index (χ1v) is 4.29. The standard InChI is InChI=1S/C9H17F2N.ClH/c1-7(2,3)8(4)5-9(10,11)6-12-8;/h12H,5-6H2,1-4H3;1H. The van der Waals surface area contributed by atoms with E-state index >= 15 is 0 Å². The van der Waals surface area contributed by atoms with Crippen LogP contribution in [0.25, 0.3) is 0 Å². The number of alkyl halides is 2. The van der Waals surface area contributed by atoms with E-state index in [0.29, 0.717) is 0 Å². The number of hydrogen-bond acceptors (Lipinski definition) is 1. The molecule has 1 N–H and O–H groups in total. The molecule has 0 aromatic heterocycles. The topological polar surface area (TPSA) is 12.0 Å². The van der Waals surface area contributed by atoms with E-state index in [1.54, 1.807) is 0 Å².